The van der Waals surface area contributed by atoms with Crippen molar-refractivity contribution in [3.05, 3.63) is 11.8 Å². The van der Waals surface area contributed by atoms with Crippen molar-refractivity contribution in [3.63, 3.8) is 0 Å². The summed E-state index contributed by atoms with van der Waals surface area (Å²) >= 11 is 2.05. The minimum atomic E-state index is 0.409. The highest BCUT2D eigenvalue weighted by Crippen LogP contribution is 2.33. The summed E-state index contributed by atoms with van der Waals surface area (Å²) in [6, 6.07) is 2.47. The van der Waals surface area contributed by atoms with Crippen LogP contribution >= 0.6 is 11.8 Å². The first-order valence-electron chi connectivity index (χ1n) is 5.61. The Balaban J connectivity index is 2.25. The lowest BCUT2D eigenvalue weighted by Crippen LogP contribution is -2.15. The Bertz CT molecular complexity index is 327. The number of anilines is 1. The van der Waals surface area contributed by atoms with E-state index in [9.17, 15) is 0 Å². The van der Waals surface area contributed by atoms with Gasteiger partial charge in [-0.05, 0) is 38.2 Å². The lowest BCUT2D eigenvalue weighted by atomic mass is 9.98. The summed E-state index contributed by atoms with van der Waals surface area (Å²) in [5.74, 6) is 3.87. The molecule has 2 N–H and O–H groups in total. The van der Waals surface area contributed by atoms with Crippen LogP contribution in [-0.2, 0) is 0 Å². The molecule has 0 bridgehead atoms. The summed E-state index contributed by atoms with van der Waals surface area (Å²) in [5, 5.41) is 4.37. The summed E-state index contributed by atoms with van der Waals surface area (Å²) in [7, 11) is 0. The van der Waals surface area contributed by atoms with E-state index in [-0.39, 0.29) is 0 Å². The minimum absolute atomic E-state index is 0.409. The average molecular weight is 225 g/mol. The van der Waals surface area contributed by atoms with E-state index < -0.39 is 0 Å². The van der Waals surface area contributed by atoms with Gasteiger partial charge in [0.2, 0.25) is 0 Å². The number of hydrogen-bond donors (Lipinski definition) is 1. The fourth-order valence-electron chi connectivity index (χ4n) is 2.14. The molecule has 1 aliphatic rings. The molecule has 3 nitrogen and oxygen atoms in total. The zero-order chi connectivity index (χ0) is 10.8. The lowest BCUT2D eigenvalue weighted by molar-refractivity contribution is 0.474. The molecule has 0 aromatic carbocycles. The predicted molar refractivity (Wildman–Crippen MR) is 66.3 cm³/mol. The van der Waals surface area contributed by atoms with E-state index in [4.69, 9.17) is 5.73 Å². The normalized spacial score (nSPS) is 18.6. The Morgan fingerprint density at radius 1 is 1.47 bits per heavy atom. The molecule has 0 amide bonds. The van der Waals surface area contributed by atoms with Crippen molar-refractivity contribution in [3.8, 4) is 0 Å². The van der Waals surface area contributed by atoms with Gasteiger partial charge < -0.3 is 5.73 Å². The molecule has 2 heterocycles. The summed E-state index contributed by atoms with van der Waals surface area (Å²) in [4.78, 5) is 0. The lowest BCUT2D eigenvalue weighted by Gasteiger charge is -2.23. The number of hydrogen-bond acceptors (Lipinski definition) is 3. The van der Waals surface area contributed by atoms with Gasteiger partial charge in [0.05, 0.1) is 0 Å². The molecule has 0 aliphatic carbocycles. The highest BCUT2D eigenvalue weighted by atomic mass is 32.2. The maximum atomic E-state index is 5.79. The van der Waals surface area contributed by atoms with Crippen LogP contribution in [0.1, 0.15) is 44.3 Å². The van der Waals surface area contributed by atoms with Gasteiger partial charge >= 0.3 is 0 Å². The molecule has 15 heavy (non-hydrogen) atoms. The van der Waals surface area contributed by atoms with Gasteiger partial charge in [0.15, 0.2) is 0 Å². The van der Waals surface area contributed by atoms with Crippen molar-refractivity contribution in [1.29, 1.82) is 0 Å². The first kappa shape index (κ1) is 10.9. The van der Waals surface area contributed by atoms with Crippen LogP contribution in [0.25, 0.3) is 0 Å². The Kier molecular flexibility index (Phi) is 3.24. The molecule has 2 rings (SSSR count). The zero-order valence-corrected chi connectivity index (χ0v) is 10.3. The zero-order valence-electron chi connectivity index (χ0n) is 9.44. The first-order valence-corrected chi connectivity index (χ1v) is 6.76. The fourth-order valence-corrected chi connectivity index (χ4v) is 3.25. The maximum absolute atomic E-state index is 5.79. The molecule has 1 fully saturated rings. The standard InChI is InChI=1S/C11H19N3S/c1-8(2)14-10(7-11(12)13-14)9-3-5-15-6-4-9/h7-9H,3-6H2,1-2H3,(H2,12,13). The van der Waals surface area contributed by atoms with Crippen molar-refractivity contribution in [2.24, 2.45) is 0 Å². The van der Waals surface area contributed by atoms with Gasteiger partial charge in [-0.15, -0.1) is 0 Å². The van der Waals surface area contributed by atoms with Gasteiger partial charge in [-0.2, -0.15) is 16.9 Å². The third-order valence-corrected chi connectivity index (χ3v) is 3.96. The number of aromatic nitrogens is 2. The molecular formula is C11H19N3S. The van der Waals surface area contributed by atoms with Crippen LogP contribution in [-0.4, -0.2) is 21.3 Å². The van der Waals surface area contributed by atoms with Crippen molar-refractivity contribution < 1.29 is 0 Å². The van der Waals surface area contributed by atoms with Crippen LogP contribution in [0.15, 0.2) is 6.07 Å². The van der Waals surface area contributed by atoms with Crippen LogP contribution in [0.2, 0.25) is 0 Å². The van der Waals surface area contributed by atoms with Gasteiger partial charge in [-0.3, -0.25) is 4.68 Å². The molecule has 84 valence electrons. The van der Waals surface area contributed by atoms with Crippen molar-refractivity contribution >= 4 is 17.6 Å². The molecule has 1 saturated heterocycles. The van der Waals surface area contributed by atoms with E-state index in [2.05, 4.69) is 41.5 Å². The molecule has 1 aromatic heterocycles. The second-order valence-electron chi connectivity index (χ2n) is 4.42. The monoisotopic (exact) mass is 225 g/mol. The molecule has 4 heteroatoms. The highest BCUT2D eigenvalue weighted by molar-refractivity contribution is 7.99. The van der Waals surface area contributed by atoms with Crippen LogP contribution in [0.4, 0.5) is 5.82 Å². The number of nitrogen functional groups attached to an aromatic ring is 1. The SMILES string of the molecule is CC(C)n1nc(N)cc1C1CCSCC1. The van der Waals surface area contributed by atoms with Crippen molar-refractivity contribution in [1.82, 2.24) is 9.78 Å². The van der Waals surface area contributed by atoms with Crippen LogP contribution in [0, 0.1) is 0 Å². The summed E-state index contributed by atoms with van der Waals surface area (Å²) in [5.41, 5.74) is 7.12. The van der Waals surface area contributed by atoms with Crippen molar-refractivity contribution in [2.45, 2.75) is 38.6 Å². The Morgan fingerprint density at radius 2 is 2.13 bits per heavy atom. The number of thioether (sulfide) groups is 1. The average Bonchev–Trinajstić information content (AvgIpc) is 2.62. The van der Waals surface area contributed by atoms with Crippen molar-refractivity contribution in [2.75, 3.05) is 17.2 Å². The topological polar surface area (TPSA) is 43.8 Å². The molecule has 0 atom stereocenters. The molecule has 0 saturated carbocycles. The minimum Gasteiger partial charge on any atom is -0.382 e. The highest BCUT2D eigenvalue weighted by Gasteiger charge is 2.21. The number of nitrogens with zero attached hydrogens (tertiary/aromatic N) is 2. The van der Waals surface area contributed by atoms with Gasteiger partial charge in [0.25, 0.3) is 0 Å². The van der Waals surface area contributed by atoms with Gasteiger partial charge in [-0.1, -0.05) is 0 Å². The third-order valence-electron chi connectivity index (χ3n) is 2.91. The van der Waals surface area contributed by atoms with E-state index in [1.54, 1.807) is 0 Å². The fraction of sp³-hybridized carbons (Fsp3) is 0.727. The van der Waals surface area contributed by atoms with Crippen LogP contribution < -0.4 is 5.73 Å². The largest absolute Gasteiger partial charge is 0.382 e. The maximum Gasteiger partial charge on any atom is 0.145 e. The summed E-state index contributed by atoms with van der Waals surface area (Å²) < 4.78 is 2.09. The van der Waals surface area contributed by atoms with E-state index in [0.29, 0.717) is 17.8 Å². The Labute approximate surface area is 95.4 Å². The van der Waals surface area contributed by atoms with E-state index in [0.717, 1.165) is 0 Å². The summed E-state index contributed by atoms with van der Waals surface area (Å²) in [6.07, 6.45) is 2.53. The predicted octanol–water partition coefficient (Wildman–Crippen LogP) is 2.66. The quantitative estimate of drug-likeness (QED) is 0.841. The van der Waals surface area contributed by atoms with E-state index >= 15 is 0 Å². The second-order valence-corrected chi connectivity index (χ2v) is 5.64. The number of rotatable bonds is 2. The van der Waals surface area contributed by atoms with E-state index in [1.807, 2.05) is 0 Å². The molecular weight excluding hydrogens is 206 g/mol. The second kappa shape index (κ2) is 4.47. The Morgan fingerprint density at radius 3 is 2.73 bits per heavy atom. The molecule has 0 radical (unpaired) electrons. The smallest absolute Gasteiger partial charge is 0.145 e. The van der Waals surface area contributed by atoms with Gasteiger partial charge in [-0.25, -0.2) is 0 Å². The summed E-state index contributed by atoms with van der Waals surface area (Å²) in [6.45, 7) is 4.32. The molecule has 1 aromatic rings. The number of nitrogens with two attached hydrogens (primary N) is 1. The van der Waals surface area contributed by atoms with Crippen LogP contribution in [0.5, 0.6) is 0 Å². The van der Waals surface area contributed by atoms with Crippen LogP contribution in [0.3, 0.4) is 0 Å². The van der Waals surface area contributed by atoms with Gasteiger partial charge in [0.1, 0.15) is 5.82 Å². The third kappa shape index (κ3) is 2.30. The van der Waals surface area contributed by atoms with Gasteiger partial charge in [0, 0.05) is 23.7 Å². The van der Waals surface area contributed by atoms with E-state index in [1.165, 1.54) is 30.0 Å². The Hall–Kier alpha value is -0.640. The first-order chi connectivity index (χ1) is 7.18. The molecule has 0 unspecified atom stereocenters. The molecule has 0 spiro atoms. The molecule has 1 aliphatic heterocycles.